The Morgan fingerprint density at radius 1 is 0.867 bits per heavy atom. The SMILES string of the molecule is CCCC[N+](C)(CCCC)CCCO.[I-]. The smallest absolute Gasteiger partial charge is 0.0806 e. The lowest BCUT2D eigenvalue weighted by Gasteiger charge is -2.34. The molecule has 1 N–H and O–H groups in total. The standard InChI is InChI=1S/C12H28NO.HI/c1-4-6-9-13(3,10-7-5-2)11-8-12-14;/h14H,4-12H2,1-3H3;1H/q+1;/p-1. The van der Waals surface area contributed by atoms with Crippen LogP contribution in [0.2, 0.25) is 0 Å². The lowest BCUT2D eigenvalue weighted by molar-refractivity contribution is -0.910. The van der Waals surface area contributed by atoms with E-state index in [9.17, 15) is 0 Å². The van der Waals surface area contributed by atoms with E-state index in [0.717, 1.165) is 17.4 Å². The molecule has 0 aliphatic heterocycles. The number of halogens is 1. The van der Waals surface area contributed by atoms with Crippen LogP contribution in [-0.2, 0) is 0 Å². The fourth-order valence-electron chi connectivity index (χ4n) is 1.87. The fraction of sp³-hybridized carbons (Fsp3) is 1.00. The summed E-state index contributed by atoms with van der Waals surface area (Å²) < 4.78 is 1.16. The lowest BCUT2D eigenvalue weighted by atomic mass is 10.2. The van der Waals surface area contributed by atoms with Crippen LogP contribution in [0.5, 0.6) is 0 Å². The molecular weight excluding hydrogens is 301 g/mol. The van der Waals surface area contributed by atoms with Gasteiger partial charge in [-0.05, 0) is 12.8 Å². The molecule has 94 valence electrons. The van der Waals surface area contributed by atoms with Gasteiger partial charge in [0.05, 0.1) is 26.7 Å². The third-order valence-electron chi connectivity index (χ3n) is 2.96. The van der Waals surface area contributed by atoms with E-state index in [4.69, 9.17) is 5.11 Å². The monoisotopic (exact) mass is 329 g/mol. The summed E-state index contributed by atoms with van der Waals surface area (Å²) in [6.07, 6.45) is 6.12. The second-order valence-corrected chi connectivity index (χ2v) is 4.57. The van der Waals surface area contributed by atoms with E-state index in [1.807, 2.05) is 0 Å². The molecule has 0 amide bonds. The third-order valence-corrected chi connectivity index (χ3v) is 2.96. The predicted octanol–water partition coefficient (Wildman–Crippen LogP) is -0.580. The molecule has 0 saturated heterocycles. The summed E-state index contributed by atoms with van der Waals surface area (Å²) in [7, 11) is 2.33. The molecule has 0 aliphatic rings. The average Bonchev–Trinajstić information content (AvgIpc) is 2.21. The van der Waals surface area contributed by atoms with E-state index < -0.39 is 0 Å². The fourth-order valence-corrected chi connectivity index (χ4v) is 1.87. The molecule has 0 atom stereocenters. The molecular formula is C12H28INO. The second-order valence-electron chi connectivity index (χ2n) is 4.57. The van der Waals surface area contributed by atoms with Gasteiger partial charge in [0.1, 0.15) is 0 Å². The quantitative estimate of drug-likeness (QED) is 0.443. The van der Waals surface area contributed by atoms with Crippen LogP contribution in [-0.4, -0.2) is 42.9 Å². The van der Waals surface area contributed by atoms with Gasteiger partial charge < -0.3 is 33.6 Å². The number of hydrogen-bond acceptors (Lipinski definition) is 1. The Hall–Kier alpha value is 0.650. The van der Waals surface area contributed by atoms with Gasteiger partial charge in [-0.1, -0.05) is 26.7 Å². The van der Waals surface area contributed by atoms with E-state index in [0.29, 0.717) is 6.61 Å². The number of aliphatic hydroxyl groups is 1. The first-order valence-electron chi connectivity index (χ1n) is 6.13. The molecule has 0 spiro atoms. The van der Waals surface area contributed by atoms with Crippen molar-refractivity contribution in [1.29, 1.82) is 0 Å². The van der Waals surface area contributed by atoms with Crippen LogP contribution in [0.15, 0.2) is 0 Å². The summed E-state index contributed by atoms with van der Waals surface area (Å²) in [4.78, 5) is 0. The maximum absolute atomic E-state index is 8.87. The minimum absolute atomic E-state index is 0. The number of hydrogen-bond donors (Lipinski definition) is 1. The molecule has 0 rings (SSSR count). The Morgan fingerprint density at radius 2 is 1.27 bits per heavy atom. The molecule has 0 heterocycles. The molecule has 0 aromatic carbocycles. The van der Waals surface area contributed by atoms with Crippen molar-refractivity contribution in [3.8, 4) is 0 Å². The number of unbranched alkanes of at least 4 members (excludes halogenated alkanes) is 2. The molecule has 0 unspecified atom stereocenters. The largest absolute Gasteiger partial charge is 1.00 e. The Kier molecular flexibility index (Phi) is 13.4. The molecule has 15 heavy (non-hydrogen) atoms. The van der Waals surface area contributed by atoms with Crippen molar-refractivity contribution in [3.05, 3.63) is 0 Å². The molecule has 0 aromatic rings. The third kappa shape index (κ3) is 9.57. The van der Waals surface area contributed by atoms with Crippen molar-refractivity contribution in [3.63, 3.8) is 0 Å². The molecule has 0 aromatic heterocycles. The first kappa shape index (κ1) is 18.0. The maximum atomic E-state index is 8.87. The van der Waals surface area contributed by atoms with Crippen LogP contribution in [0, 0.1) is 0 Å². The Morgan fingerprint density at radius 3 is 1.60 bits per heavy atom. The highest BCUT2D eigenvalue weighted by Gasteiger charge is 2.19. The van der Waals surface area contributed by atoms with Crippen LogP contribution >= 0.6 is 0 Å². The molecule has 0 radical (unpaired) electrons. The Labute approximate surface area is 113 Å². The highest BCUT2D eigenvalue weighted by atomic mass is 127. The van der Waals surface area contributed by atoms with Gasteiger partial charge in [-0.2, -0.15) is 0 Å². The van der Waals surface area contributed by atoms with Gasteiger partial charge in [-0.15, -0.1) is 0 Å². The zero-order valence-corrected chi connectivity index (χ0v) is 12.8. The van der Waals surface area contributed by atoms with Crippen LogP contribution in [0.1, 0.15) is 46.0 Å². The minimum atomic E-state index is 0. The normalized spacial score (nSPS) is 11.2. The predicted molar refractivity (Wildman–Crippen MR) is 62.3 cm³/mol. The molecule has 0 saturated carbocycles. The van der Waals surface area contributed by atoms with E-state index in [2.05, 4.69) is 20.9 Å². The zero-order valence-electron chi connectivity index (χ0n) is 10.6. The Bertz CT molecular complexity index is 109. The van der Waals surface area contributed by atoms with Gasteiger partial charge >= 0.3 is 0 Å². The second kappa shape index (κ2) is 11.1. The van der Waals surface area contributed by atoms with Crippen LogP contribution < -0.4 is 24.0 Å². The topological polar surface area (TPSA) is 20.2 Å². The molecule has 0 bridgehead atoms. The van der Waals surface area contributed by atoms with Gasteiger partial charge in [0.15, 0.2) is 0 Å². The Balaban J connectivity index is 0. The van der Waals surface area contributed by atoms with E-state index >= 15 is 0 Å². The molecule has 0 aliphatic carbocycles. The summed E-state index contributed by atoms with van der Waals surface area (Å²) in [6.45, 7) is 8.52. The van der Waals surface area contributed by atoms with Crippen molar-refractivity contribution >= 4 is 0 Å². The van der Waals surface area contributed by atoms with Gasteiger partial charge in [-0.3, -0.25) is 0 Å². The van der Waals surface area contributed by atoms with Crippen molar-refractivity contribution in [2.75, 3.05) is 33.3 Å². The number of nitrogens with zero attached hydrogens (tertiary/aromatic N) is 1. The zero-order chi connectivity index (χ0) is 10.9. The highest BCUT2D eigenvalue weighted by Crippen LogP contribution is 2.09. The summed E-state index contributed by atoms with van der Waals surface area (Å²) in [5, 5.41) is 8.87. The van der Waals surface area contributed by atoms with E-state index in [-0.39, 0.29) is 24.0 Å². The van der Waals surface area contributed by atoms with Crippen molar-refractivity contribution in [2.24, 2.45) is 0 Å². The summed E-state index contributed by atoms with van der Waals surface area (Å²) >= 11 is 0. The minimum Gasteiger partial charge on any atom is -1.00 e. The van der Waals surface area contributed by atoms with Crippen molar-refractivity contribution in [1.82, 2.24) is 0 Å². The summed E-state index contributed by atoms with van der Waals surface area (Å²) in [5.41, 5.74) is 0. The summed E-state index contributed by atoms with van der Waals surface area (Å²) in [5.74, 6) is 0. The first-order chi connectivity index (χ1) is 6.68. The van der Waals surface area contributed by atoms with Crippen molar-refractivity contribution in [2.45, 2.75) is 46.0 Å². The maximum Gasteiger partial charge on any atom is 0.0806 e. The molecule has 2 nitrogen and oxygen atoms in total. The number of quaternary nitrogens is 1. The van der Waals surface area contributed by atoms with Gasteiger partial charge in [0, 0.05) is 13.0 Å². The first-order valence-corrected chi connectivity index (χ1v) is 6.13. The van der Waals surface area contributed by atoms with Crippen LogP contribution in [0.4, 0.5) is 0 Å². The number of aliphatic hydroxyl groups excluding tert-OH is 1. The molecule has 0 fully saturated rings. The van der Waals surface area contributed by atoms with Gasteiger partial charge in [0.2, 0.25) is 0 Å². The summed E-state index contributed by atoms with van der Waals surface area (Å²) in [6, 6.07) is 0. The van der Waals surface area contributed by atoms with Crippen LogP contribution in [0.25, 0.3) is 0 Å². The van der Waals surface area contributed by atoms with E-state index in [1.54, 1.807) is 0 Å². The highest BCUT2D eigenvalue weighted by molar-refractivity contribution is 4.43. The van der Waals surface area contributed by atoms with Gasteiger partial charge in [0.25, 0.3) is 0 Å². The lowest BCUT2D eigenvalue weighted by Crippen LogP contribution is -3.00. The van der Waals surface area contributed by atoms with E-state index in [1.165, 1.54) is 38.8 Å². The van der Waals surface area contributed by atoms with Crippen molar-refractivity contribution < 1.29 is 33.6 Å². The average molecular weight is 329 g/mol. The number of rotatable bonds is 9. The van der Waals surface area contributed by atoms with Gasteiger partial charge in [-0.25, -0.2) is 0 Å². The van der Waals surface area contributed by atoms with Crippen LogP contribution in [0.3, 0.4) is 0 Å². The molecule has 3 heteroatoms.